The molecule has 7 heteroatoms. The highest BCUT2D eigenvalue weighted by molar-refractivity contribution is 6.43. The Morgan fingerprint density at radius 1 is 1.37 bits per heavy atom. The van der Waals surface area contributed by atoms with Gasteiger partial charge in [0.1, 0.15) is 5.56 Å². The number of methoxy groups -OCH3 is 1. The number of halogens is 1. The second-order valence-corrected chi connectivity index (χ2v) is 4.19. The first-order chi connectivity index (χ1) is 9.06. The molecule has 0 aromatic heterocycles. The van der Waals surface area contributed by atoms with E-state index in [2.05, 4.69) is 0 Å². The summed E-state index contributed by atoms with van der Waals surface area (Å²) in [5, 5.41) is 8.97. The fourth-order valence-electron chi connectivity index (χ4n) is 1.77. The molecule has 0 aliphatic carbocycles. The third-order valence-electron chi connectivity index (χ3n) is 2.57. The summed E-state index contributed by atoms with van der Waals surface area (Å²) in [6.45, 7) is 0.716. The largest absolute Gasteiger partial charge is 0.494 e. The van der Waals surface area contributed by atoms with Gasteiger partial charge in [-0.15, -0.1) is 0 Å². The van der Waals surface area contributed by atoms with Crippen LogP contribution in [0.2, 0.25) is 5.02 Å². The van der Waals surface area contributed by atoms with Crippen LogP contribution in [0.5, 0.6) is 17.2 Å². The van der Waals surface area contributed by atoms with Gasteiger partial charge < -0.3 is 19.3 Å². The van der Waals surface area contributed by atoms with Gasteiger partial charge >= 0.3 is 5.97 Å². The summed E-state index contributed by atoms with van der Waals surface area (Å²) in [7, 11) is 1.30. The van der Waals surface area contributed by atoms with E-state index in [1.807, 2.05) is 0 Å². The van der Waals surface area contributed by atoms with Gasteiger partial charge in [0.2, 0.25) is 0 Å². The number of carbonyl (C=O) groups is 2. The summed E-state index contributed by atoms with van der Waals surface area (Å²) in [5.74, 6) is -2.49. The molecule has 1 heterocycles. The van der Waals surface area contributed by atoms with E-state index in [1.54, 1.807) is 0 Å². The lowest BCUT2D eigenvalue weighted by atomic mass is 10.1. The minimum atomic E-state index is -1.62. The Morgan fingerprint density at radius 2 is 2.05 bits per heavy atom. The smallest absolute Gasteiger partial charge is 0.377 e. The van der Waals surface area contributed by atoms with E-state index in [-0.39, 0.29) is 27.8 Å². The molecule has 1 aromatic carbocycles. The zero-order chi connectivity index (χ0) is 14.0. The van der Waals surface area contributed by atoms with Crippen LogP contribution in [-0.2, 0) is 4.79 Å². The summed E-state index contributed by atoms with van der Waals surface area (Å²) < 4.78 is 15.8. The molecule has 0 bridgehead atoms. The molecule has 1 aliphatic heterocycles. The Balaban J connectivity index is 2.68. The van der Waals surface area contributed by atoms with Gasteiger partial charge in [-0.2, -0.15) is 0 Å². The lowest BCUT2D eigenvalue weighted by Gasteiger charge is -2.15. The molecule has 0 unspecified atom stereocenters. The zero-order valence-corrected chi connectivity index (χ0v) is 10.8. The molecule has 6 nitrogen and oxygen atoms in total. The number of ketones is 1. The first-order valence-electron chi connectivity index (χ1n) is 5.50. The van der Waals surface area contributed by atoms with Crippen molar-refractivity contribution in [1.29, 1.82) is 0 Å². The number of carbonyl (C=O) groups excluding carboxylic acids is 1. The molecule has 0 atom stereocenters. The van der Waals surface area contributed by atoms with Crippen molar-refractivity contribution in [3.8, 4) is 17.2 Å². The quantitative estimate of drug-likeness (QED) is 0.674. The number of hydrogen-bond acceptors (Lipinski definition) is 5. The monoisotopic (exact) mass is 286 g/mol. The number of hydrogen-bond donors (Lipinski definition) is 1. The Morgan fingerprint density at radius 3 is 2.68 bits per heavy atom. The molecular weight excluding hydrogens is 276 g/mol. The van der Waals surface area contributed by atoms with Crippen molar-refractivity contribution >= 4 is 23.4 Å². The number of benzene rings is 1. The van der Waals surface area contributed by atoms with Gasteiger partial charge in [0.15, 0.2) is 17.2 Å². The number of aliphatic carboxylic acids is 1. The van der Waals surface area contributed by atoms with Crippen molar-refractivity contribution in [2.24, 2.45) is 0 Å². The van der Waals surface area contributed by atoms with Crippen molar-refractivity contribution in [3.05, 3.63) is 16.7 Å². The predicted octanol–water partition coefficient (Wildman–Crippen LogP) is 1.78. The van der Waals surface area contributed by atoms with Crippen LogP contribution in [0.4, 0.5) is 0 Å². The van der Waals surface area contributed by atoms with Crippen molar-refractivity contribution in [1.82, 2.24) is 0 Å². The first-order valence-corrected chi connectivity index (χ1v) is 5.87. The van der Waals surface area contributed by atoms with Gasteiger partial charge in [0, 0.05) is 12.5 Å². The summed E-state index contributed by atoms with van der Waals surface area (Å²) in [4.78, 5) is 22.7. The van der Waals surface area contributed by atoms with Crippen LogP contribution >= 0.6 is 11.6 Å². The van der Waals surface area contributed by atoms with E-state index in [9.17, 15) is 9.59 Å². The van der Waals surface area contributed by atoms with Crippen molar-refractivity contribution in [2.75, 3.05) is 20.3 Å². The molecule has 1 aliphatic rings. The van der Waals surface area contributed by atoms with Gasteiger partial charge in [0.25, 0.3) is 5.78 Å². The van der Waals surface area contributed by atoms with Crippen LogP contribution in [-0.4, -0.2) is 37.2 Å². The molecule has 0 saturated carbocycles. The topological polar surface area (TPSA) is 82.1 Å². The van der Waals surface area contributed by atoms with E-state index >= 15 is 0 Å². The fraction of sp³-hybridized carbons (Fsp3) is 0.333. The third kappa shape index (κ3) is 2.44. The number of carboxylic acid groups (broad SMARTS) is 1. The molecule has 0 radical (unpaired) electrons. The Kier molecular flexibility index (Phi) is 3.80. The van der Waals surface area contributed by atoms with E-state index < -0.39 is 11.8 Å². The summed E-state index contributed by atoms with van der Waals surface area (Å²) in [6, 6.07) is 1.44. The highest BCUT2D eigenvalue weighted by Gasteiger charge is 2.30. The van der Waals surface area contributed by atoms with Crippen LogP contribution in [0, 0.1) is 0 Å². The predicted molar refractivity (Wildman–Crippen MR) is 65.6 cm³/mol. The zero-order valence-electron chi connectivity index (χ0n) is 10.1. The molecule has 1 N–H and O–H groups in total. The summed E-state index contributed by atoms with van der Waals surface area (Å²) >= 11 is 5.96. The second-order valence-electron chi connectivity index (χ2n) is 3.78. The van der Waals surface area contributed by atoms with Gasteiger partial charge in [-0.05, 0) is 0 Å². The minimum absolute atomic E-state index is 0.0293. The SMILES string of the molecule is COc1c(Cl)cc2c(c1C(=O)C(=O)O)OCCCO2. The van der Waals surface area contributed by atoms with E-state index in [0.29, 0.717) is 19.6 Å². The van der Waals surface area contributed by atoms with Crippen LogP contribution in [0.1, 0.15) is 16.8 Å². The molecule has 102 valence electrons. The van der Waals surface area contributed by atoms with Gasteiger partial charge in [-0.3, -0.25) is 4.79 Å². The third-order valence-corrected chi connectivity index (χ3v) is 2.85. The van der Waals surface area contributed by atoms with E-state index in [4.69, 9.17) is 30.9 Å². The lowest BCUT2D eigenvalue weighted by molar-refractivity contribution is -0.131. The average Bonchev–Trinajstić information content (AvgIpc) is 2.61. The Hall–Kier alpha value is -1.95. The molecule has 0 fully saturated rings. The van der Waals surface area contributed by atoms with Crippen molar-refractivity contribution < 1.29 is 28.9 Å². The van der Waals surface area contributed by atoms with Crippen LogP contribution in [0.3, 0.4) is 0 Å². The number of fused-ring (bicyclic) bond motifs is 1. The van der Waals surface area contributed by atoms with E-state index in [1.165, 1.54) is 13.2 Å². The lowest BCUT2D eigenvalue weighted by Crippen LogP contribution is -2.16. The maximum atomic E-state index is 11.8. The number of Topliss-reactive ketones (excluding diaryl/α,β-unsaturated/α-hetero) is 1. The molecule has 1 aromatic rings. The highest BCUT2D eigenvalue weighted by atomic mass is 35.5. The molecular formula is C12H11ClO6. The van der Waals surface area contributed by atoms with Gasteiger partial charge in [-0.1, -0.05) is 11.6 Å². The molecule has 19 heavy (non-hydrogen) atoms. The average molecular weight is 287 g/mol. The van der Waals surface area contributed by atoms with Crippen LogP contribution in [0.15, 0.2) is 6.07 Å². The highest BCUT2D eigenvalue weighted by Crippen LogP contribution is 2.44. The molecule has 0 spiro atoms. The maximum Gasteiger partial charge on any atom is 0.377 e. The first kappa shape index (κ1) is 13.5. The van der Waals surface area contributed by atoms with Crippen molar-refractivity contribution in [3.63, 3.8) is 0 Å². The van der Waals surface area contributed by atoms with Gasteiger partial charge in [0.05, 0.1) is 25.3 Å². The summed E-state index contributed by atoms with van der Waals surface area (Å²) in [6.07, 6.45) is 0.620. The van der Waals surface area contributed by atoms with E-state index in [0.717, 1.165) is 0 Å². The van der Waals surface area contributed by atoms with Gasteiger partial charge in [-0.25, -0.2) is 4.79 Å². The number of rotatable bonds is 3. The summed E-state index contributed by atoms with van der Waals surface area (Å²) in [5.41, 5.74) is -0.223. The van der Waals surface area contributed by atoms with Crippen molar-refractivity contribution in [2.45, 2.75) is 6.42 Å². The number of carboxylic acids is 1. The molecule has 0 saturated heterocycles. The second kappa shape index (κ2) is 5.36. The Bertz CT molecular complexity index is 540. The standard InChI is InChI=1S/C12H11ClO6/c1-17-10-6(13)5-7-11(19-4-2-3-18-7)8(10)9(14)12(15)16/h5H,2-4H2,1H3,(H,15,16). The van der Waals surface area contributed by atoms with Crippen LogP contribution < -0.4 is 14.2 Å². The normalized spacial score (nSPS) is 13.6. The molecule has 2 rings (SSSR count). The molecule has 0 amide bonds. The number of ether oxygens (including phenoxy) is 3. The fourth-order valence-corrected chi connectivity index (χ4v) is 2.04. The minimum Gasteiger partial charge on any atom is -0.494 e. The Labute approximate surface area is 113 Å². The maximum absolute atomic E-state index is 11.8. The van der Waals surface area contributed by atoms with Crippen LogP contribution in [0.25, 0.3) is 0 Å².